The third kappa shape index (κ3) is 1.84. The van der Waals surface area contributed by atoms with Crippen molar-refractivity contribution in [3.05, 3.63) is 29.0 Å². The molecule has 1 saturated heterocycles. The smallest absolute Gasteiger partial charge is 0.138 e. The molecule has 2 atom stereocenters. The normalized spacial score (nSPS) is 27.5. The van der Waals surface area contributed by atoms with E-state index in [-0.39, 0.29) is 11.2 Å². The van der Waals surface area contributed by atoms with Crippen molar-refractivity contribution in [1.82, 2.24) is 0 Å². The molecule has 80 valence electrons. The van der Waals surface area contributed by atoms with Gasteiger partial charge in [-0.05, 0) is 12.1 Å². The van der Waals surface area contributed by atoms with E-state index in [1.807, 2.05) is 18.2 Å². The van der Waals surface area contributed by atoms with Crippen molar-refractivity contribution in [1.29, 1.82) is 0 Å². The average molecular weight is 207 g/mol. The summed E-state index contributed by atoms with van der Waals surface area (Å²) in [5.74, 6) is 0.777. The second-order valence-electron chi connectivity index (χ2n) is 4.01. The quantitative estimate of drug-likeness (QED) is 0.562. The first kappa shape index (κ1) is 9.15. The Morgan fingerprint density at radius 3 is 3.20 bits per heavy atom. The molecular weight excluding hydrogens is 194 g/mol. The largest absolute Gasteiger partial charge is 0.629 e. The molecule has 0 aliphatic carbocycles. The van der Waals surface area contributed by atoms with E-state index in [4.69, 9.17) is 9.47 Å². The molecule has 0 saturated carbocycles. The highest BCUT2D eigenvalue weighted by molar-refractivity contribution is 5.47. The lowest BCUT2D eigenvalue weighted by Gasteiger charge is -2.16. The fraction of sp³-hybridized carbons (Fsp3) is 0.455. The molecule has 0 radical (unpaired) electrons. The van der Waals surface area contributed by atoms with E-state index >= 15 is 0 Å². The molecule has 0 amide bonds. The summed E-state index contributed by atoms with van der Waals surface area (Å²) in [5, 5.41) is 11.7. The number of hydroxylamine groups is 1. The summed E-state index contributed by atoms with van der Waals surface area (Å²) in [6.45, 7) is 2.03. The third-order valence-corrected chi connectivity index (χ3v) is 2.84. The molecule has 0 spiro atoms. The molecule has 4 heteroatoms. The highest BCUT2D eigenvalue weighted by atomic mass is 16.6. The van der Waals surface area contributed by atoms with Gasteiger partial charge in [-0.15, -0.1) is 0 Å². The average Bonchev–Trinajstić information content (AvgIpc) is 3.02. The Morgan fingerprint density at radius 1 is 1.53 bits per heavy atom. The van der Waals surface area contributed by atoms with Crippen LogP contribution in [0.2, 0.25) is 0 Å². The summed E-state index contributed by atoms with van der Waals surface area (Å²) in [7, 11) is 0. The Kier molecular flexibility index (Phi) is 2.12. The number of fused-ring (bicyclic) bond motifs is 1. The summed E-state index contributed by atoms with van der Waals surface area (Å²) in [6.07, 6.45) is 1.13. The molecule has 2 aliphatic heterocycles. The summed E-state index contributed by atoms with van der Waals surface area (Å²) in [6, 6.07) is 5.77. The molecule has 1 aromatic carbocycles. The van der Waals surface area contributed by atoms with Crippen LogP contribution in [0.15, 0.2) is 18.2 Å². The number of ether oxygens (including phenoxy) is 2. The van der Waals surface area contributed by atoms with E-state index < -0.39 is 0 Å². The van der Waals surface area contributed by atoms with Crippen molar-refractivity contribution in [2.24, 2.45) is 0 Å². The number of hydrogen-bond donors (Lipinski definition) is 1. The van der Waals surface area contributed by atoms with Crippen LogP contribution in [-0.2, 0) is 11.2 Å². The van der Waals surface area contributed by atoms with Crippen molar-refractivity contribution in [2.75, 3.05) is 19.8 Å². The first-order valence-corrected chi connectivity index (χ1v) is 5.23. The van der Waals surface area contributed by atoms with Crippen LogP contribution in [0, 0.1) is 5.21 Å². The van der Waals surface area contributed by atoms with Crippen molar-refractivity contribution in [3.63, 3.8) is 0 Å². The van der Waals surface area contributed by atoms with Gasteiger partial charge in [-0.3, -0.25) is 0 Å². The van der Waals surface area contributed by atoms with Gasteiger partial charge in [0.05, 0.1) is 13.2 Å². The summed E-state index contributed by atoms with van der Waals surface area (Å²) in [4.78, 5) is 0. The maximum Gasteiger partial charge on any atom is 0.138 e. The minimum absolute atomic E-state index is 0.234. The van der Waals surface area contributed by atoms with Crippen molar-refractivity contribution >= 4 is 5.69 Å². The van der Waals surface area contributed by atoms with E-state index in [2.05, 4.69) is 0 Å². The molecule has 3 rings (SSSR count). The number of rotatable bonds is 3. The van der Waals surface area contributed by atoms with Gasteiger partial charge in [-0.2, -0.15) is 0 Å². The molecule has 0 aromatic heterocycles. The molecule has 15 heavy (non-hydrogen) atoms. The minimum atomic E-state index is 0.234. The molecule has 0 bridgehead atoms. The fourth-order valence-corrected chi connectivity index (χ4v) is 1.86. The maximum absolute atomic E-state index is 11.5. The zero-order valence-electron chi connectivity index (χ0n) is 8.36. The Labute approximate surface area is 88.0 Å². The van der Waals surface area contributed by atoms with Gasteiger partial charge >= 0.3 is 0 Å². The van der Waals surface area contributed by atoms with Crippen molar-refractivity contribution < 1.29 is 14.5 Å². The topological polar surface area (TPSA) is 49.3 Å². The summed E-state index contributed by atoms with van der Waals surface area (Å²) >= 11 is 0. The van der Waals surface area contributed by atoms with E-state index in [0.717, 1.165) is 30.0 Å². The molecular formula is C11H13NO3. The van der Waals surface area contributed by atoms with Crippen LogP contribution in [0.25, 0.3) is 0 Å². The van der Waals surface area contributed by atoms with E-state index in [1.54, 1.807) is 0 Å². The summed E-state index contributed by atoms with van der Waals surface area (Å²) < 4.78 is 10.6. The lowest BCUT2D eigenvalue weighted by molar-refractivity contribution is -0.768. The number of benzene rings is 1. The van der Waals surface area contributed by atoms with Gasteiger partial charge in [0.15, 0.2) is 0 Å². The van der Waals surface area contributed by atoms with Crippen LogP contribution in [0.3, 0.4) is 0 Å². The second kappa shape index (κ2) is 3.48. The lowest BCUT2D eigenvalue weighted by Crippen LogP contribution is -3.00. The van der Waals surface area contributed by atoms with Gasteiger partial charge in [-0.25, -0.2) is 0 Å². The van der Waals surface area contributed by atoms with Crippen molar-refractivity contribution in [2.45, 2.75) is 12.5 Å². The molecule has 2 heterocycles. The highest BCUT2D eigenvalue weighted by Gasteiger charge is 2.24. The maximum atomic E-state index is 11.5. The predicted molar refractivity (Wildman–Crippen MR) is 54.2 cm³/mol. The Morgan fingerprint density at radius 2 is 2.40 bits per heavy atom. The summed E-state index contributed by atoms with van der Waals surface area (Å²) in [5.41, 5.74) is 1.99. The van der Waals surface area contributed by atoms with Crippen LogP contribution in [0.5, 0.6) is 5.75 Å². The number of nitrogens with one attached hydrogen (secondary N) is 1. The number of quaternary nitrogens is 1. The highest BCUT2D eigenvalue weighted by Crippen LogP contribution is 2.23. The minimum Gasteiger partial charge on any atom is -0.629 e. The first-order chi connectivity index (χ1) is 7.33. The zero-order chi connectivity index (χ0) is 10.3. The molecule has 2 aliphatic rings. The standard InChI is InChI=1S/C11H13NO3/c13-12-4-3-8-1-2-9(5-11(8)12)14-6-10-7-15-10/h1-2,5,10,12H,3-4,6-7H2. The third-order valence-electron chi connectivity index (χ3n) is 2.84. The Balaban J connectivity index is 1.75. The SMILES string of the molecule is [O-][NH+]1CCc2ccc(OCC3CO3)cc21. The van der Waals surface area contributed by atoms with Gasteiger partial charge in [-0.1, -0.05) is 0 Å². The Hall–Kier alpha value is -1.10. The van der Waals surface area contributed by atoms with Crippen LogP contribution >= 0.6 is 0 Å². The van der Waals surface area contributed by atoms with Crippen LogP contribution < -0.4 is 9.80 Å². The van der Waals surface area contributed by atoms with Gasteiger partial charge in [0.2, 0.25) is 0 Å². The molecule has 1 fully saturated rings. The van der Waals surface area contributed by atoms with Crippen LogP contribution in [-0.4, -0.2) is 25.9 Å². The fourth-order valence-electron chi connectivity index (χ4n) is 1.86. The predicted octanol–water partition coefficient (Wildman–Crippen LogP) is 0.0345. The lowest BCUT2D eigenvalue weighted by atomic mass is 10.1. The molecule has 2 unspecified atom stereocenters. The van der Waals surface area contributed by atoms with Crippen molar-refractivity contribution in [3.8, 4) is 5.75 Å². The Bertz CT molecular complexity index is 376. The van der Waals surface area contributed by atoms with Crippen LogP contribution in [0.1, 0.15) is 5.56 Å². The van der Waals surface area contributed by atoms with E-state index in [9.17, 15) is 5.21 Å². The molecule has 1 aromatic rings. The van der Waals surface area contributed by atoms with E-state index in [1.165, 1.54) is 0 Å². The number of epoxide rings is 1. The van der Waals surface area contributed by atoms with E-state index in [0.29, 0.717) is 13.2 Å². The molecule has 4 nitrogen and oxygen atoms in total. The number of hydrogen-bond acceptors (Lipinski definition) is 3. The van der Waals surface area contributed by atoms with Gasteiger partial charge in [0, 0.05) is 18.1 Å². The monoisotopic (exact) mass is 207 g/mol. The van der Waals surface area contributed by atoms with Gasteiger partial charge in [0.25, 0.3) is 0 Å². The second-order valence-corrected chi connectivity index (χ2v) is 4.01. The first-order valence-electron chi connectivity index (χ1n) is 5.23. The molecule has 1 N–H and O–H groups in total. The van der Waals surface area contributed by atoms with Crippen LogP contribution in [0.4, 0.5) is 5.69 Å². The van der Waals surface area contributed by atoms with Gasteiger partial charge in [0.1, 0.15) is 24.1 Å². The zero-order valence-corrected chi connectivity index (χ0v) is 8.36. The van der Waals surface area contributed by atoms with Gasteiger partial charge < -0.3 is 19.7 Å².